The number of aromatic nitrogens is 1. The number of carbonyl (C=O) groups is 2. The van der Waals surface area contributed by atoms with Crippen LogP contribution in [0.25, 0.3) is 0 Å². The lowest BCUT2D eigenvalue weighted by molar-refractivity contribution is -0.137. The van der Waals surface area contributed by atoms with Gasteiger partial charge in [-0.2, -0.15) is 0 Å². The zero-order valence-corrected chi connectivity index (χ0v) is 8.55. The molecule has 1 aromatic heterocycles. The summed E-state index contributed by atoms with van der Waals surface area (Å²) in [6, 6.07) is 0.797. The second-order valence-electron chi connectivity index (χ2n) is 3.25. The Morgan fingerprint density at radius 1 is 1.62 bits per heavy atom. The van der Waals surface area contributed by atoms with Gasteiger partial charge in [0.1, 0.15) is 12.0 Å². The van der Waals surface area contributed by atoms with Crippen molar-refractivity contribution >= 4 is 11.9 Å². The molecule has 0 saturated heterocycles. The van der Waals surface area contributed by atoms with Crippen LogP contribution < -0.4 is 11.1 Å². The van der Waals surface area contributed by atoms with E-state index in [0.29, 0.717) is 5.69 Å². The first-order valence-corrected chi connectivity index (χ1v) is 4.74. The van der Waals surface area contributed by atoms with Crippen molar-refractivity contribution in [3.63, 3.8) is 0 Å². The van der Waals surface area contributed by atoms with Crippen molar-refractivity contribution in [3.8, 4) is 0 Å². The molecule has 1 heterocycles. The van der Waals surface area contributed by atoms with Gasteiger partial charge in [-0.3, -0.25) is 9.59 Å². The van der Waals surface area contributed by atoms with Gasteiger partial charge in [0.05, 0.1) is 12.6 Å². The third-order valence-electron chi connectivity index (χ3n) is 1.94. The topological polar surface area (TPSA) is 118 Å². The minimum atomic E-state index is -0.972. The maximum Gasteiger partial charge on any atom is 0.303 e. The molecule has 0 fully saturated rings. The van der Waals surface area contributed by atoms with E-state index < -0.39 is 17.9 Å². The number of aliphatic carboxylic acids is 1. The first-order valence-electron chi connectivity index (χ1n) is 4.74. The highest BCUT2D eigenvalue weighted by Crippen LogP contribution is 1.97. The predicted octanol–water partition coefficient (Wildman–Crippen LogP) is -0.517. The zero-order chi connectivity index (χ0) is 12.0. The lowest BCUT2D eigenvalue weighted by Crippen LogP contribution is -2.40. The highest BCUT2D eigenvalue weighted by molar-refractivity contribution is 5.82. The third-order valence-corrected chi connectivity index (χ3v) is 1.94. The number of carboxylic acids is 1. The Morgan fingerprint density at radius 3 is 2.94 bits per heavy atom. The molecule has 1 unspecified atom stereocenters. The highest BCUT2D eigenvalue weighted by atomic mass is 16.5. The van der Waals surface area contributed by atoms with Crippen molar-refractivity contribution in [3.05, 3.63) is 18.0 Å². The molecule has 1 rings (SSSR count). The first-order chi connectivity index (χ1) is 7.59. The Balaban J connectivity index is 2.26. The first kappa shape index (κ1) is 12.2. The molecule has 1 aromatic rings. The molecule has 88 valence electrons. The van der Waals surface area contributed by atoms with Gasteiger partial charge in [-0.05, 0) is 6.42 Å². The van der Waals surface area contributed by atoms with Crippen LogP contribution in [0.5, 0.6) is 0 Å². The zero-order valence-electron chi connectivity index (χ0n) is 8.55. The SMILES string of the molecule is NC(CCC(=O)O)C(=O)NCc1ccon1. The molecule has 0 radical (unpaired) electrons. The summed E-state index contributed by atoms with van der Waals surface area (Å²) in [7, 11) is 0. The summed E-state index contributed by atoms with van der Waals surface area (Å²) >= 11 is 0. The quantitative estimate of drug-likeness (QED) is 0.601. The van der Waals surface area contributed by atoms with Crippen LogP contribution >= 0.6 is 0 Å². The lowest BCUT2D eigenvalue weighted by Gasteiger charge is -2.09. The summed E-state index contributed by atoms with van der Waals surface area (Å²) in [5, 5.41) is 14.5. The number of hydrogen-bond donors (Lipinski definition) is 3. The second-order valence-corrected chi connectivity index (χ2v) is 3.25. The number of nitrogens with zero attached hydrogens (tertiary/aromatic N) is 1. The fourth-order valence-corrected chi connectivity index (χ4v) is 1.05. The average Bonchev–Trinajstić information content (AvgIpc) is 2.75. The molecule has 7 heteroatoms. The van der Waals surface area contributed by atoms with Gasteiger partial charge in [0.25, 0.3) is 0 Å². The van der Waals surface area contributed by atoms with E-state index in [9.17, 15) is 9.59 Å². The summed E-state index contributed by atoms with van der Waals surface area (Å²) in [4.78, 5) is 21.6. The normalized spacial score (nSPS) is 12.1. The minimum absolute atomic E-state index is 0.111. The van der Waals surface area contributed by atoms with Crippen molar-refractivity contribution in [1.29, 1.82) is 0 Å². The number of nitrogens with two attached hydrogens (primary N) is 1. The van der Waals surface area contributed by atoms with E-state index >= 15 is 0 Å². The minimum Gasteiger partial charge on any atom is -0.481 e. The van der Waals surface area contributed by atoms with Crippen molar-refractivity contribution < 1.29 is 19.2 Å². The summed E-state index contributed by atoms with van der Waals surface area (Å²) < 4.78 is 4.58. The monoisotopic (exact) mass is 227 g/mol. The molecule has 0 saturated carbocycles. The molecule has 4 N–H and O–H groups in total. The molecular weight excluding hydrogens is 214 g/mol. The van der Waals surface area contributed by atoms with Gasteiger partial charge in [-0.1, -0.05) is 5.16 Å². The van der Waals surface area contributed by atoms with Gasteiger partial charge in [-0.15, -0.1) is 0 Å². The van der Waals surface area contributed by atoms with Crippen LogP contribution in [0.1, 0.15) is 18.5 Å². The van der Waals surface area contributed by atoms with Gasteiger partial charge in [0.2, 0.25) is 5.91 Å². The van der Waals surface area contributed by atoms with Gasteiger partial charge >= 0.3 is 5.97 Å². The van der Waals surface area contributed by atoms with Crippen molar-refractivity contribution in [2.75, 3.05) is 0 Å². The van der Waals surface area contributed by atoms with E-state index in [1.807, 2.05) is 0 Å². The van der Waals surface area contributed by atoms with Crippen LogP contribution in [0.3, 0.4) is 0 Å². The summed E-state index contributed by atoms with van der Waals surface area (Å²) in [5.41, 5.74) is 6.07. The fraction of sp³-hybridized carbons (Fsp3) is 0.444. The largest absolute Gasteiger partial charge is 0.481 e. The highest BCUT2D eigenvalue weighted by Gasteiger charge is 2.14. The summed E-state index contributed by atoms with van der Waals surface area (Å²) in [6.07, 6.45) is 1.38. The van der Waals surface area contributed by atoms with Gasteiger partial charge < -0.3 is 20.7 Å². The van der Waals surface area contributed by atoms with Crippen molar-refractivity contribution in [2.24, 2.45) is 5.73 Å². The van der Waals surface area contributed by atoms with E-state index in [2.05, 4.69) is 15.0 Å². The van der Waals surface area contributed by atoms with E-state index in [0.717, 1.165) is 0 Å². The van der Waals surface area contributed by atoms with Crippen molar-refractivity contribution in [2.45, 2.75) is 25.4 Å². The van der Waals surface area contributed by atoms with Gasteiger partial charge in [-0.25, -0.2) is 0 Å². The number of carboxylic acid groups (broad SMARTS) is 1. The molecule has 0 aliphatic rings. The second kappa shape index (κ2) is 5.86. The molecule has 0 bridgehead atoms. The molecule has 16 heavy (non-hydrogen) atoms. The number of rotatable bonds is 6. The van der Waals surface area contributed by atoms with Crippen LogP contribution in [0.4, 0.5) is 0 Å². The Kier molecular flexibility index (Phi) is 4.46. The van der Waals surface area contributed by atoms with E-state index in [1.165, 1.54) is 6.26 Å². The Hall–Kier alpha value is -1.89. The molecular formula is C9H13N3O4. The number of hydrogen-bond acceptors (Lipinski definition) is 5. The van der Waals surface area contributed by atoms with E-state index in [-0.39, 0.29) is 19.4 Å². The Labute approximate surface area is 91.6 Å². The van der Waals surface area contributed by atoms with Crippen LogP contribution in [-0.4, -0.2) is 28.2 Å². The van der Waals surface area contributed by atoms with E-state index in [1.54, 1.807) is 6.07 Å². The average molecular weight is 227 g/mol. The maximum absolute atomic E-state index is 11.4. The molecule has 0 aromatic carbocycles. The number of amides is 1. The third kappa shape index (κ3) is 4.09. The van der Waals surface area contributed by atoms with E-state index in [4.69, 9.17) is 10.8 Å². The van der Waals surface area contributed by atoms with Crippen LogP contribution in [0.2, 0.25) is 0 Å². The molecule has 7 nitrogen and oxygen atoms in total. The maximum atomic E-state index is 11.4. The molecule has 0 spiro atoms. The fourth-order valence-electron chi connectivity index (χ4n) is 1.05. The molecule has 0 aliphatic heterocycles. The predicted molar refractivity (Wildman–Crippen MR) is 53.2 cm³/mol. The number of nitrogens with one attached hydrogen (secondary N) is 1. The molecule has 1 atom stereocenters. The van der Waals surface area contributed by atoms with Crippen LogP contribution in [0, 0.1) is 0 Å². The Bertz CT molecular complexity index is 350. The standard InChI is InChI=1S/C9H13N3O4/c10-7(1-2-8(13)14)9(15)11-5-6-3-4-16-12-6/h3-4,7H,1-2,5,10H2,(H,11,15)(H,13,14). The molecule has 0 aliphatic carbocycles. The summed E-state index contributed by atoms with van der Waals surface area (Å²) in [5.74, 6) is -1.37. The summed E-state index contributed by atoms with van der Waals surface area (Å²) in [6.45, 7) is 0.218. The van der Waals surface area contributed by atoms with Gasteiger partial charge in [0.15, 0.2) is 0 Å². The van der Waals surface area contributed by atoms with Gasteiger partial charge in [0, 0.05) is 12.5 Å². The molecule has 1 amide bonds. The number of carbonyl (C=O) groups excluding carboxylic acids is 1. The van der Waals surface area contributed by atoms with Crippen LogP contribution in [-0.2, 0) is 16.1 Å². The smallest absolute Gasteiger partial charge is 0.303 e. The van der Waals surface area contributed by atoms with Crippen LogP contribution in [0.15, 0.2) is 16.9 Å². The Morgan fingerprint density at radius 2 is 2.38 bits per heavy atom. The lowest BCUT2D eigenvalue weighted by atomic mass is 10.1. The van der Waals surface area contributed by atoms with Crippen molar-refractivity contribution in [1.82, 2.24) is 10.5 Å².